The van der Waals surface area contributed by atoms with Crippen molar-refractivity contribution in [2.24, 2.45) is 10.3 Å². The number of benzene rings is 2. The van der Waals surface area contributed by atoms with E-state index in [1.807, 2.05) is 13.0 Å². The number of nitrogens with zero attached hydrogens (tertiary/aromatic N) is 2. The van der Waals surface area contributed by atoms with Crippen LogP contribution in [0.5, 0.6) is 0 Å². The Bertz CT molecular complexity index is 1010. The lowest BCUT2D eigenvalue weighted by Crippen LogP contribution is -2.29. The number of carbonyl (C=O) groups excluding carboxylic acids is 1. The van der Waals surface area contributed by atoms with E-state index in [9.17, 15) is 18.0 Å². The number of oxime groups is 2. The molecular formula is C22H24F3N3O3. The average Bonchev–Trinajstić information content (AvgIpc) is 2.72. The Balaban J connectivity index is 2.33. The zero-order valence-electron chi connectivity index (χ0n) is 17.9. The molecule has 0 saturated carbocycles. The third kappa shape index (κ3) is 5.84. The van der Waals surface area contributed by atoms with E-state index in [-0.39, 0.29) is 12.3 Å². The average molecular weight is 435 g/mol. The van der Waals surface area contributed by atoms with Crippen LogP contribution in [0.25, 0.3) is 0 Å². The number of alkyl halides is 3. The first-order chi connectivity index (χ1) is 14.6. The number of amides is 1. The van der Waals surface area contributed by atoms with Gasteiger partial charge in [-0.2, -0.15) is 13.2 Å². The van der Waals surface area contributed by atoms with Gasteiger partial charge in [-0.15, -0.1) is 0 Å². The molecule has 0 spiro atoms. The molecule has 9 heteroatoms. The number of halogens is 3. The van der Waals surface area contributed by atoms with Gasteiger partial charge in [-0.05, 0) is 44.0 Å². The monoisotopic (exact) mass is 435 g/mol. The standard InChI is InChI=1S/C22H24F3N3O3/c1-13-7-6-8-17(20(28-30-5)21(29)26-4)19(13)12-31-27-15(3)18-11-16(22(23,24)25)10-9-14(18)2/h6-11H,12H2,1-5H3,(H,26,29)/b27-15+,28-20+. The largest absolute Gasteiger partial charge is 0.416 e. The predicted octanol–water partition coefficient (Wildman–Crippen LogP) is 4.36. The van der Waals surface area contributed by atoms with Crippen LogP contribution in [-0.4, -0.2) is 31.5 Å². The van der Waals surface area contributed by atoms with E-state index in [0.29, 0.717) is 28.0 Å². The summed E-state index contributed by atoms with van der Waals surface area (Å²) in [6.45, 7) is 5.09. The molecule has 6 nitrogen and oxygen atoms in total. The molecule has 2 aromatic carbocycles. The molecule has 1 amide bonds. The van der Waals surface area contributed by atoms with Gasteiger partial charge >= 0.3 is 6.18 Å². The number of rotatable bonds is 7. The summed E-state index contributed by atoms with van der Waals surface area (Å²) in [5, 5.41) is 10.3. The molecule has 0 unspecified atom stereocenters. The highest BCUT2D eigenvalue weighted by molar-refractivity contribution is 6.45. The van der Waals surface area contributed by atoms with Crippen LogP contribution in [-0.2, 0) is 27.3 Å². The summed E-state index contributed by atoms with van der Waals surface area (Å²) in [5.41, 5.74) is 2.58. The Morgan fingerprint density at radius 3 is 2.39 bits per heavy atom. The third-order valence-corrected chi connectivity index (χ3v) is 4.66. The van der Waals surface area contributed by atoms with Gasteiger partial charge in [0.1, 0.15) is 13.7 Å². The Kier molecular flexibility index (Phi) is 7.79. The molecule has 0 aliphatic heterocycles. The van der Waals surface area contributed by atoms with Gasteiger partial charge in [0, 0.05) is 23.7 Å². The van der Waals surface area contributed by atoms with Crippen LogP contribution in [0.15, 0.2) is 46.7 Å². The molecule has 0 bridgehead atoms. The van der Waals surface area contributed by atoms with Gasteiger partial charge in [0.2, 0.25) is 0 Å². The molecule has 0 radical (unpaired) electrons. The number of hydrogen-bond donors (Lipinski definition) is 1. The molecule has 0 aliphatic carbocycles. The first kappa shape index (κ1) is 23.9. The highest BCUT2D eigenvalue weighted by atomic mass is 19.4. The van der Waals surface area contributed by atoms with E-state index in [1.165, 1.54) is 20.2 Å². The third-order valence-electron chi connectivity index (χ3n) is 4.66. The van der Waals surface area contributed by atoms with Gasteiger partial charge < -0.3 is 15.0 Å². The molecule has 0 aliphatic rings. The summed E-state index contributed by atoms with van der Waals surface area (Å²) >= 11 is 0. The molecule has 0 heterocycles. The van der Waals surface area contributed by atoms with Gasteiger partial charge in [-0.1, -0.05) is 34.6 Å². The van der Waals surface area contributed by atoms with E-state index in [0.717, 1.165) is 17.7 Å². The fraction of sp³-hybridized carbons (Fsp3) is 0.318. The van der Waals surface area contributed by atoms with Crippen LogP contribution < -0.4 is 5.32 Å². The molecule has 0 saturated heterocycles. The summed E-state index contributed by atoms with van der Waals surface area (Å²) in [6, 6.07) is 8.78. The number of aryl methyl sites for hydroxylation is 2. The lowest BCUT2D eigenvalue weighted by atomic mass is 9.98. The number of likely N-dealkylation sites (N-methyl/N-ethyl adjacent to an activating group) is 1. The van der Waals surface area contributed by atoms with E-state index < -0.39 is 17.6 Å². The molecule has 0 fully saturated rings. The summed E-state index contributed by atoms with van der Waals surface area (Å²) in [7, 11) is 2.81. The second kappa shape index (κ2) is 10.1. The molecule has 31 heavy (non-hydrogen) atoms. The van der Waals surface area contributed by atoms with Crippen molar-refractivity contribution in [3.8, 4) is 0 Å². The zero-order valence-corrected chi connectivity index (χ0v) is 17.9. The van der Waals surface area contributed by atoms with Crippen LogP contribution in [0.1, 0.15) is 40.3 Å². The molecule has 166 valence electrons. The molecule has 1 N–H and O–H groups in total. The van der Waals surface area contributed by atoms with Crippen molar-refractivity contribution in [1.82, 2.24) is 5.32 Å². The van der Waals surface area contributed by atoms with Crippen LogP contribution in [0.4, 0.5) is 13.2 Å². The Morgan fingerprint density at radius 1 is 1.06 bits per heavy atom. The van der Waals surface area contributed by atoms with Crippen molar-refractivity contribution in [2.45, 2.75) is 33.6 Å². The highest BCUT2D eigenvalue weighted by Gasteiger charge is 2.31. The Morgan fingerprint density at radius 2 is 1.77 bits per heavy atom. The summed E-state index contributed by atoms with van der Waals surface area (Å²) in [5.74, 6) is -0.437. The van der Waals surface area contributed by atoms with Crippen LogP contribution in [0.3, 0.4) is 0 Å². The molecule has 0 aromatic heterocycles. The van der Waals surface area contributed by atoms with Crippen LogP contribution >= 0.6 is 0 Å². The zero-order chi connectivity index (χ0) is 23.2. The Hall–Kier alpha value is -3.36. The SMILES string of the molecule is CNC(=O)/C(=N/OC)c1cccc(C)c1CO/N=C(\C)c1cc(C(F)(F)F)ccc1C. The minimum atomic E-state index is -4.45. The molecular weight excluding hydrogens is 411 g/mol. The van der Waals surface area contributed by atoms with Gasteiger partial charge in [0.05, 0.1) is 11.3 Å². The maximum atomic E-state index is 13.0. The van der Waals surface area contributed by atoms with E-state index in [1.54, 1.807) is 26.0 Å². The first-order valence-corrected chi connectivity index (χ1v) is 9.37. The quantitative estimate of drug-likeness (QED) is 0.519. The minimum absolute atomic E-state index is 0.0168. The van der Waals surface area contributed by atoms with Crippen molar-refractivity contribution >= 4 is 17.3 Å². The van der Waals surface area contributed by atoms with Gasteiger partial charge in [-0.3, -0.25) is 4.79 Å². The van der Waals surface area contributed by atoms with Crippen molar-refractivity contribution in [1.29, 1.82) is 0 Å². The van der Waals surface area contributed by atoms with Crippen molar-refractivity contribution in [3.05, 3.63) is 69.8 Å². The number of carbonyl (C=O) groups is 1. The Labute approximate surface area is 178 Å². The molecule has 0 atom stereocenters. The van der Waals surface area contributed by atoms with Gasteiger partial charge in [0.15, 0.2) is 5.71 Å². The van der Waals surface area contributed by atoms with Crippen molar-refractivity contribution in [3.63, 3.8) is 0 Å². The van der Waals surface area contributed by atoms with E-state index in [2.05, 4.69) is 15.6 Å². The summed E-state index contributed by atoms with van der Waals surface area (Å²) in [6.07, 6.45) is -4.45. The number of nitrogens with one attached hydrogen (secondary N) is 1. The fourth-order valence-corrected chi connectivity index (χ4v) is 2.97. The normalized spacial score (nSPS) is 12.5. The fourth-order valence-electron chi connectivity index (χ4n) is 2.97. The topological polar surface area (TPSA) is 72.3 Å². The lowest BCUT2D eigenvalue weighted by molar-refractivity contribution is -0.137. The second-order valence-corrected chi connectivity index (χ2v) is 6.78. The van der Waals surface area contributed by atoms with Gasteiger partial charge in [0.25, 0.3) is 5.91 Å². The van der Waals surface area contributed by atoms with E-state index >= 15 is 0 Å². The van der Waals surface area contributed by atoms with Gasteiger partial charge in [-0.25, -0.2) is 0 Å². The number of hydrogen-bond acceptors (Lipinski definition) is 5. The maximum absolute atomic E-state index is 13.0. The lowest BCUT2D eigenvalue weighted by Gasteiger charge is -2.14. The molecule has 2 aromatic rings. The van der Waals surface area contributed by atoms with E-state index in [4.69, 9.17) is 9.68 Å². The van der Waals surface area contributed by atoms with Crippen LogP contribution in [0, 0.1) is 13.8 Å². The first-order valence-electron chi connectivity index (χ1n) is 9.37. The summed E-state index contributed by atoms with van der Waals surface area (Å²) < 4.78 is 39.1. The summed E-state index contributed by atoms with van der Waals surface area (Å²) in [4.78, 5) is 22.5. The van der Waals surface area contributed by atoms with Crippen molar-refractivity contribution in [2.75, 3.05) is 14.2 Å². The van der Waals surface area contributed by atoms with Crippen molar-refractivity contribution < 1.29 is 27.6 Å². The minimum Gasteiger partial charge on any atom is -0.398 e. The highest BCUT2D eigenvalue weighted by Crippen LogP contribution is 2.30. The predicted molar refractivity (Wildman–Crippen MR) is 112 cm³/mol. The molecule has 2 rings (SSSR count). The maximum Gasteiger partial charge on any atom is 0.416 e. The van der Waals surface area contributed by atoms with Crippen LogP contribution in [0.2, 0.25) is 0 Å². The smallest absolute Gasteiger partial charge is 0.398 e. The second-order valence-electron chi connectivity index (χ2n) is 6.78.